The number of nitrogens with zero attached hydrogens (tertiary/aromatic N) is 3. The Morgan fingerprint density at radius 3 is 1.50 bits per heavy atom. The van der Waals surface area contributed by atoms with E-state index in [0.717, 1.165) is 11.0 Å². The highest BCUT2D eigenvalue weighted by molar-refractivity contribution is 8.01. The number of rotatable bonds is 4. The van der Waals surface area contributed by atoms with Crippen molar-refractivity contribution in [3.8, 4) is 0 Å². The van der Waals surface area contributed by atoms with Crippen molar-refractivity contribution in [1.29, 1.82) is 0 Å². The standard InChI is InChI=1S/C24H20N4P.ClHO4/c25-23-16-17-28-24(27-23)22(18-26-28)29(19-10-4-1-5-11-19,20-12-6-2-7-13-20)21-14-8-3-9-15-21;2-1(3,4)5/h1-18H,(H2,25,27);(H,2,3,4,5)/q+1;/p-1. The zero-order valence-electron chi connectivity index (χ0n) is 17.8. The summed E-state index contributed by atoms with van der Waals surface area (Å²) in [7, 11) is -7.17. The van der Waals surface area contributed by atoms with Crippen LogP contribution in [-0.2, 0) is 0 Å². The van der Waals surface area contributed by atoms with Gasteiger partial charge in [-0.15, -0.1) is 10.2 Å². The van der Waals surface area contributed by atoms with E-state index in [-0.39, 0.29) is 0 Å². The molecule has 5 rings (SSSR count). The van der Waals surface area contributed by atoms with Crippen LogP contribution in [0.5, 0.6) is 0 Å². The minimum Gasteiger partial charge on any atom is -0.384 e. The van der Waals surface area contributed by atoms with E-state index >= 15 is 0 Å². The first-order valence-electron chi connectivity index (χ1n) is 10.1. The van der Waals surface area contributed by atoms with E-state index in [4.69, 9.17) is 24.4 Å². The Morgan fingerprint density at radius 1 is 0.676 bits per heavy atom. The lowest BCUT2D eigenvalue weighted by Crippen LogP contribution is -2.68. The summed E-state index contributed by atoms with van der Waals surface area (Å²) < 4.78 is 35.8. The lowest BCUT2D eigenvalue weighted by Gasteiger charge is -2.26. The number of nitrogen functional groups attached to an aromatic ring is 1. The average molecular weight is 495 g/mol. The molecule has 0 saturated carbocycles. The maximum atomic E-state index is 8.49. The van der Waals surface area contributed by atoms with Crippen molar-refractivity contribution in [3.05, 3.63) is 109 Å². The third-order valence-corrected chi connectivity index (χ3v) is 9.42. The van der Waals surface area contributed by atoms with Crippen LogP contribution in [0.25, 0.3) is 5.65 Å². The van der Waals surface area contributed by atoms with Crippen LogP contribution >= 0.6 is 7.26 Å². The first-order chi connectivity index (χ1) is 16.3. The molecular formula is C24H20ClN4O4P. The predicted molar refractivity (Wildman–Crippen MR) is 122 cm³/mol. The van der Waals surface area contributed by atoms with E-state index in [1.807, 2.05) is 16.9 Å². The maximum absolute atomic E-state index is 8.49. The van der Waals surface area contributed by atoms with Crippen molar-refractivity contribution in [2.24, 2.45) is 0 Å². The fraction of sp³-hybridized carbons (Fsp3) is 0. The van der Waals surface area contributed by atoms with Gasteiger partial charge in [0.25, 0.3) is 0 Å². The monoisotopic (exact) mass is 494 g/mol. The topological polar surface area (TPSA) is 148 Å². The van der Waals surface area contributed by atoms with Gasteiger partial charge in [0, 0.05) is 6.20 Å². The van der Waals surface area contributed by atoms with Crippen molar-refractivity contribution in [2.75, 3.05) is 5.73 Å². The highest BCUT2D eigenvalue weighted by Crippen LogP contribution is 2.54. The Kier molecular flexibility index (Phi) is 6.90. The minimum absolute atomic E-state index is 0.492. The summed E-state index contributed by atoms with van der Waals surface area (Å²) in [6.45, 7) is 0. The Balaban J connectivity index is 0.000000499. The van der Waals surface area contributed by atoms with Gasteiger partial charge in [-0.25, -0.2) is 28.1 Å². The summed E-state index contributed by atoms with van der Waals surface area (Å²) in [5.74, 6) is 0.492. The molecule has 0 atom stereocenters. The second kappa shape index (κ2) is 9.87. The molecule has 0 unspecified atom stereocenters. The molecule has 34 heavy (non-hydrogen) atoms. The first-order valence-corrected chi connectivity index (χ1v) is 13.1. The number of halogens is 1. The molecule has 0 aliphatic carbocycles. The third kappa shape index (κ3) is 4.93. The van der Waals surface area contributed by atoms with Crippen molar-refractivity contribution >= 4 is 39.9 Å². The van der Waals surface area contributed by atoms with Crippen molar-refractivity contribution < 1.29 is 28.9 Å². The molecule has 0 radical (unpaired) electrons. The molecule has 2 N–H and O–H groups in total. The summed E-state index contributed by atoms with van der Waals surface area (Å²) in [5, 5.41) is 9.52. The number of fused-ring (bicyclic) bond motifs is 1. The van der Waals surface area contributed by atoms with Gasteiger partial charge in [-0.3, -0.25) is 0 Å². The summed E-state index contributed by atoms with van der Waals surface area (Å²) in [5.41, 5.74) is 6.87. The molecule has 0 aliphatic heterocycles. The van der Waals surface area contributed by atoms with Gasteiger partial charge in [-0.2, -0.15) is 5.10 Å². The SMILES string of the molecule is Nc1ccn2ncc([P+](c3ccccc3)(c3ccccc3)c3ccccc3)c2n1.[O-][Cl+3]([O-])([O-])[O-]. The van der Waals surface area contributed by atoms with E-state index in [1.54, 1.807) is 6.07 Å². The van der Waals surface area contributed by atoms with Crippen LogP contribution in [0.15, 0.2) is 109 Å². The Labute approximate surface area is 198 Å². The number of aromatic nitrogens is 3. The quantitative estimate of drug-likeness (QED) is 0.289. The van der Waals surface area contributed by atoms with Gasteiger partial charge in [0.2, 0.25) is 5.65 Å². The van der Waals surface area contributed by atoms with E-state index in [0.29, 0.717) is 5.82 Å². The van der Waals surface area contributed by atoms with E-state index in [9.17, 15) is 0 Å². The lowest BCUT2D eigenvalue weighted by atomic mass is 10.4. The van der Waals surface area contributed by atoms with E-state index in [1.165, 1.54) is 15.9 Å². The van der Waals surface area contributed by atoms with Crippen LogP contribution in [0.2, 0.25) is 0 Å². The highest BCUT2D eigenvalue weighted by Gasteiger charge is 2.50. The number of hydrogen-bond donors (Lipinski definition) is 1. The smallest absolute Gasteiger partial charge is 0.201 e. The molecule has 0 spiro atoms. The average Bonchev–Trinajstić information content (AvgIpc) is 3.24. The number of hydrogen-bond acceptors (Lipinski definition) is 7. The van der Waals surface area contributed by atoms with Gasteiger partial charge in [0.15, 0.2) is 5.30 Å². The van der Waals surface area contributed by atoms with Crippen LogP contribution in [-0.4, -0.2) is 14.6 Å². The Hall–Kier alpha value is -3.36. The highest BCUT2D eigenvalue weighted by atomic mass is 35.7. The molecular weight excluding hydrogens is 475 g/mol. The largest absolute Gasteiger partial charge is 0.384 e. The van der Waals surface area contributed by atoms with Crippen LogP contribution in [0.1, 0.15) is 0 Å². The normalized spacial score (nSPS) is 11.6. The van der Waals surface area contributed by atoms with Crippen LogP contribution in [0.4, 0.5) is 5.82 Å². The lowest BCUT2D eigenvalue weighted by molar-refractivity contribution is -2.00. The minimum atomic E-state index is -4.94. The van der Waals surface area contributed by atoms with E-state index < -0.39 is 17.5 Å². The molecule has 5 aromatic rings. The summed E-state index contributed by atoms with van der Waals surface area (Å²) >= 11 is 0. The van der Waals surface area contributed by atoms with Crippen molar-refractivity contribution in [3.63, 3.8) is 0 Å². The molecule has 10 heteroatoms. The fourth-order valence-electron chi connectivity index (χ4n) is 3.93. The van der Waals surface area contributed by atoms with Gasteiger partial charge in [0.05, 0.1) is 6.20 Å². The zero-order valence-corrected chi connectivity index (χ0v) is 19.4. The molecule has 0 amide bonds. The third-order valence-electron chi connectivity index (χ3n) is 5.16. The number of benzene rings is 3. The van der Waals surface area contributed by atoms with Gasteiger partial charge in [0.1, 0.15) is 29.0 Å². The molecule has 0 fully saturated rings. The van der Waals surface area contributed by atoms with Gasteiger partial charge in [-0.1, -0.05) is 54.6 Å². The predicted octanol–water partition coefficient (Wildman–Crippen LogP) is -1.83. The molecule has 3 aromatic carbocycles. The summed E-state index contributed by atoms with van der Waals surface area (Å²) in [6, 6.07) is 33.8. The van der Waals surface area contributed by atoms with Crippen LogP contribution in [0.3, 0.4) is 0 Å². The second-order valence-corrected chi connectivity index (χ2v) is 11.3. The maximum Gasteiger partial charge on any atom is 0.201 e. The molecule has 0 aliphatic rings. The molecule has 2 heterocycles. The van der Waals surface area contributed by atoms with Crippen LogP contribution < -0.4 is 45.6 Å². The van der Waals surface area contributed by atoms with E-state index in [2.05, 4.69) is 101 Å². The Bertz CT molecular complexity index is 1260. The molecule has 8 nitrogen and oxygen atoms in total. The molecule has 172 valence electrons. The number of nitrogens with two attached hydrogens (primary N) is 1. The van der Waals surface area contributed by atoms with Gasteiger partial charge < -0.3 is 5.73 Å². The Morgan fingerprint density at radius 2 is 1.09 bits per heavy atom. The summed E-state index contributed by atoms with van der Waals surface area (Å²) in [4.78, 5) is 4.68. The zero-order chi connectivity index (χ0) is 24.2. The van der Waals surface area contributed by atoms with Gasteiger partial charge >= 0.3 is 0 Å². The van der Waals surface area contributed by atoms with Crippen molar-refractivity contribution in [1.82, 2.24) is 14.6 Å². The second-order valence-electron chi connectivity index (χ2n) is 7.21. The number of anilines is 1. The fourth-order valence-corrected chi connectivity index (χ4v) is 8.19. The van der Waals surface area contributed by atoms with Crippen molar-refractivity contribution in [2.45, 2.75) is 0 Å². The van der Waals surface area contributed by atoms with Gasteiger partial charge in [-0.05, 0) is 42.5 Å². The molecule has 0 bridgehead atoms. The molecule has 2 aromatic heterocycles. The first kappa shape index (κ1) is 23.8. The summed E-state index contributed by atoms with van der Waals surface area (Å²) in [6.07, 6.45) is 3.83. The van der Waals surface area contributed by atoms with Crippen LogP contribution in [0, 0.1) is 10.2 Å². The molecule has 0 saturated heterocycles.